The molecule has 1 amide bonds. The first-order chi connectivity index (χ1) is 12.6. The van der Waals surface area contributed by atoms with Crippen molar-refractivity contribution in [2.45, 2.75) is 29.3 Å². The zero-order valence-electron chi connectivity index (χ0n) is 14.0. The second kappa shape index (κ2) is 6.55. The van der Waals surface area contributed by atoms with Crippen molar-refractivity contribution in [1.82, 2.24) is 9.21 Å². The Hall–Kier alpha value is -2.57. The lowest BCUT2D eigenvalue weighted by atomic mass is 10.1. The van der Waals surface area contributed by atoms with Gasteiger partial charge in [0.1, 0.15) is 5.54 Å². The van der Waals surface area contributed by atoms with Gasteiger partial charge in [0, 0.05) is 25.2 Å². The van der Waals surface area contributed by atoms with Crippen LogP contribution in [0.4, 0.5) is 5.69 Å². The number of nitro benzene ring substituents is 1. The van der Waals surface area contributed by atoms with E-state index in [4.69, 9.17) is 5.11 Å². The predicted molar refractivity (Wildman–Crippen MR) is 89.2 cm³/mol. The molecule has 1 spiro atoms. The summed E-state index contributed by atoms with van der Waals surface area (Å²) in [6, 6.07) is 2.91. The molecule has 0 bridgehead atoms. The summed E-state index contributed by atoms with van der Waals surface area (Å²) in [5.41, 5.74) is -1.62. The first-order valence-electron chi connectivity index (χ1n) is 8.07. The molecule has 3 rings (SSSR count). The van der Waals surface area contributed by atoms with Gasteiger partial charge in [0.15, 0.2) is 6.04 Å². The molecule has 1 saturated heterocycles. The van der Waals surface area contributed by atoms with Crippen LogP contribution in [0.3, 0.4) is 0 Å². The van der Waals surface area contributed by atoms with Gasteiger partial charge in [0.05, 0.1) is 16.4 Å². The Morgan fingerprint density at radius 1 is 1.26 bits per heavy atom. The van der Waals surface area contributed by atoms with Crippen LogP contribution in [0.2, 0.25) is 0 Å². The van der Waals surface area contributed by atoms with Gasteiger partial charge in [-0.3, -0.25) is 14.9 Å². The van der Waals surface area contributed by atoms with E-state index in [0.29, 0.717) is 0 Å². The average molecular weight is 399 g/mol. The molecule has 1 heterocycles. The predicted octanol–water partition coefficient (Wildman–Crippen LogP) is -0.594. The fraction of sp³-hybridized carbons (Fsp3) is 0.467. The second-order valence-electron chi connectivity index (χ2n) is 6.39. The minimum atomic E-state index is -4.11. The fourth-order valence-corrected chi connectivity index (χ4v) is 5.07. The normalized spacial score (nSPS) is 20.5. The highest BCUT2D eigenvalue weighted by molar-refractivity contribution is 7.89. The summed E-state index contributed by atoms with van der Waals surface area (Å²) in [7, 11) is -4.11. The number of carboxylic acid groups (broad SMARTS) is 1. The molecule has 0 radical (unpaired) electrons. The molecule has 1 aromatic rings. The number of amides is 1. The molecule has 2 aliphatic rings. The third-order valence-corrected chi connectivity index (χ3v) is 6.85. The maximum absolute atomic E-state index is 13.0. The first-order valence-corrected chi connectivity index (χ1v) is 9.51. The molecule has 2 N–H and O–H groups in total. The van der Waals surface area contributed by atoms with Crippen LogP contribution in [-0.4, -0.2) is 75.9 Å². The van der Waals surface area contributed by atoms with Crippen LogP contribution in [0.1, 0.15) is 12.8 Å². The van der Waals surface area contributed by atoms with E-state index in [1.807, 2.05) is 0 Å². The van der Waals surface area contributed by atoms with Crippen molar-refractivity contribution in [3.8, 4) is 0 Å². The molecular weight excluding hydrogens is 382 g/mol. The molecule has 27 heavy (non-hydrogen) atoms. The molecule has 0 unspecified atom stereocenters. The molecular formula is C15H17N3O8S. The van der Waals surface area contributed by atoms with Crippen molar-refractivity contribution in [3.05, 3.63) is 34.4 Å². The Bertz CT molecular complexity index is 894. The summed E-state index contributed by atoms with van der Waals surface area (Å²) in [6.07, 6.45) is 0.485. The number of non-ortho nitro benzene ring substituents is 1. The quantitative estimate of drug-likeness (QED) is 0.474. The largest absolute Gasteiger partial charge is 0.480 e. The van der Waals surface area contributed by atoms with E-state index in [0.717, 1.165) is 33.5 Å². The number of sulfonamides is 1. The van der Waals surface area contributed by atoms with Crippen molar-refractivity contribution >= 4 is 27.6 Å². The standard InChI is InChI=1S/C15H17N3O8S/c19-9-12(13(20)21)16-7-8-17(15(5-6-15)14(16)22)27(25,26)11-3-1-10(2-4-11)18(23)24/h1-4,12,19H,5-9H2,(H,20,21)/t12-/m0/s1. The van der Waals surface area contributed by atoms with Crippen molar-refractivity contribution in [1.29, 1.82) is 0 Å². The van der Waals surface area contributed by atoms with E-state index in [1.54, 1.807) is 0 Å². The van der Waals surface area contributed by atoms with Crippen molar-refractivity contribution in [2.24, 2.45) is 0 Å². The lowest BCUT2D eigenvalue weighted by Crippen LogP contribution is -2.64. The number of aliphatic carboxylic acids is 1. The number of aliphatic hydroxyl groups excluding tert-OH is 1. The van der Waals surface area contributed by atoms with Gasteiger partial charge in [-0.1, -0.05) is 0 Å². The van der Waals surface area contributed by atoms with E-state index in [1.165, 1.54) is 0 Å². The molecule has 1 aliphatic heterocycles. The average Bonchev–Trinajstić information content (AvgIpc) is 3.40. The number of hydrogen-bond donors (Lipinski definition) is 2. The molecule has 1 atom stereocenters. The van der Waals surface area contributed by atoms with E-state index in [-0.39, 0.29) is 36.5 Å². The van der Waals surface area contributed by atoms with Crippen molar-refractivity contribution in [2.75, 3.05) is 19.7 Å². The maximum atomic E-state index is 13.0. The van der Waals surface area contributed by atoms with Gasteiger partial charge in [-0.05, 0) is 25.0 Å². The Kier molecular flexibility index (Phi) is 4.66. The van der Waals surface area contributed by atoms with E-state index >= 15 is 0 Å². The number of nitrogens with zero attached hydrogens (tertiary/aromatic N) is 3. The number of aliphatic hydroxyl groups is 1. The van der Waals surface area contributed by atoms with Crippen LogP contribution in [0, 0.1) is 10.1 Å². The third kappa shape index (κ3) is 3.05. The van der Waals surface area contributed by atoms with Crippen LogP contribution in [0.5, 0.6) is 0 Å². The molecule has 1 aromatic carbocycles. The van der Waals surface area contributed by atoms with Gasteiger partial charge in [-0.25, -0.2) is 13.2 Å². The van der Waals surface area contributed by atoms with Gasteiger partial charge < -0.3 is 15.1 Å². The van der Waals surface area contributed by atoms with E-state index in [2.05, 4.69) is 0 Å². The number of carbonyl (C=O) groups is 2. The Morgan fingerprint density at radius 3 is 2.30 bits per heavy atom. The summed E-state index contributed by atoms with van der Waals surface area (Å²) in [4.78, 5) is 34.9. The highest BCUT2D eigenvalue weighted by Gasteiger charge is 2.63. The van der Waals surface area contributed by atoms with Crippen LogP contribution in [0.15, 0.2) is 29.2 Å². The fourth-order valence-electron chi connectivity index (χ4n) is 3.29. The number of piperazine rings is 1. The zero-order chi connectivity index (χ0) is 20.0. The van der Waals surface area contributed by atoms with Crippen LogP contribution < -0.4 is 0 Å². The van der Waals surface area contributed by atoms with Crippen molar-refractivity contribution in [3.63, 3.8) is 0 Å². The molecule has 146 valence electrons. The number of benzene rings is 1. The molecule has 2 fully saturated rings. The molecule has 11 nitrogen and oxygen atoms in total. The van der Waals surface area contributed by atoms with Gasteiger partial charge >= 0.3 is 5.97 Å². The number of hydrogen-bond acceptors (Lipinski definition) is 7. The van der Waals surface area contributed by atoms with E-state index < -0.39 is 45.0 Å². The zero-order valence-corrected chi connectivity index (χ0v) is 14.8. The van der Waals surface area contributed by atoms with Gasteiger partial charge in [-0.15, -0.1) is 0 Å². The SMILES string of the molecule is O=C(O)[C@H](CO)N1CCN(S(=O)(=O)c2ccc([N+](=O)[O-])cc2)C2(CC2)C1=O. The highest BCUT2D eigenvalue weighted by atomic mass is 32.2. The number of nitro groups is 1. The number of carboxylic acids is 1. The second-order valence-corrected chi connectivity index (χ2v) is 8.26. The van der Waals surface area contributed by atoms with Gasteiger partial charge in [0.25, 0.3) is 5.69 Å². The Labute approximate surface area is 154 Å². The molecule has 1 saturated carbocycles. The minimum absolute atomic E-state index is 0.130. The third-order valence-electron chi connectivity index (χ3n) is 4.87. The van der Waals surface area contributed by atoms with Crippen LogP contribution in [0.25, 0.3) is 0 Å². The smallest absolute Gasteiger partial charge is 0.328 e. The van der Waals surface area contributed by atoms with Crippen LogP contribution in [-0.2, 0) is 19.6 Å². The van der Waals surface area contributed by atoms with Crippen LogP contribution >= 0.6 is 0 Å². The maximum Gasteiger partial charge on any atom is 0.328 e. The summed E-state index contributed by atoms with van der Waals surface area (Å²) in [6.45, 7) is -1.08. The summed E-state index contributed by atoms with van der Waals surface area (Å²) < 4.78 is 27.0. The number of rotatable bonds is 6. The Morgan fingerprint density at radius 2 is 1.85 bits per heavy atom. The Balaban J connectivity index is 1.91. The molecule has 12 heteroatoms. The van der Waals surface area contributed by atoms with E-state index in [9.17, 15) is 33.2 Å². The first kappa shape index (κ1) is 19.2. The lowest BCUT2D eigenvalue weighted by Gasteiger charge is -2.42. The minimum Gasteiger partial charge on any atom is -0.480 e. The lowest BCUT2D eigenvalue weighted by molar-refractivity contribution is -0.384. The highest BCUT2D eigenvalue weighted by Crippen LogP contribution is 2.48. The topological polar surface area (TPSA) is 158 Å². The summed E-state index contributed by atoms with van der Waals surface area (Å²) in [5.74, 6) is -2.02. The van der Waals surface area contributed by atoms with Gasteiger partial charge in [-0.2, -0.15) is 4.31 Å². The summed E-state index contributed by atoms with van der Waals surface area (Å²) in [5, 5.41) is 29.2. The van der Waals surface area contributed by atoms with Crippen molar-refractivity contribution < 1.29 is 33.1 Å². The monoisotopic (exact) mass is 399 g/mol. The molecule has 1 aliphatic carbocycles. The summed E-state index contributed by atoms with van der Waals surface area (Å²) >= 11 is 0. The molecule has 0 aromatic heterocycles. The number of carbonyl (C=O) groups excluding carboxylic acids is 1. The van der Waals surface area contributed by atoms with Gasteiger partial charge in [0.2, 0.25) is 15.9 Å².